The van der Waals surface area contributed by atoms with Crippen LogP contribution in [0.3, 0.4) is 0 Å². The predicted octanol–water partition coefficient (Wildman–Crippen LogP) is 3.22. The zero-order valence-electron chi connectivity index (χ0n) is 13.2. The average Bonchev–Trinajstić information content (AvgIpc) is 2.79. The van der Waals surface area contributed by atoms with Gasteiger partial charge < -0.3 is 5.32 Å². The van der Waals surface area contributed by atoms with Gasteiger partial charge in [-0.2, -0.15) is 0 Å². The van der Waals surface area contributed by atoms with Crippen LogP contribution in [0, 0.1) is 10.1 Å². The Bertz CT molecular complexity index is 868. The number of carbonyl (C=O) groups is 2. The van der Waals surface area contributed by atoms with Gasteiger partial charge in [-0.25, -0.2) is 4.79 Å². The minimum atomic E-state index is -1.27. The van der Waals surface area contributed by atoms with E-state index in [1.807, 2.05) is 0 Å². The summed E-state index contributed by atoms with van der Waals surface area (Å²) >= 11 is 5.94. The quantitative estimate of drug-likeness (QED) is 0.515. The Morgan fingerprint density at radius 1 is 1.20 bits per heavy atom. The summed E-state index contributed by atoms with van der Waals surface area (Å²) < 4.78 is 0. The lowest BCUT2D eigenvalue weighted by Crippen LogP contribution is -2.40. The summed E-state index contributed by atoms with van der Waals surface area (Å²) in [6.07, 6.45) is 0. The first-order valence-electron chi connectivity index (χ1n) is 7.45. The number of non-ortho nitro benzene ring substituents is 1. The molecule has 25 heavy (non-hydrogen) atoms. The lowest BCUT2D eigenvalue weighted by molar-refractivity contribution is -0.384. The fraction of sp³-hybridized carbons (Fsp3) is 0.176. The molecule has 1 saturated heterocycles. The molecule has 0 radical (unpaired) electrons. The second-order valence-corrected chi connectivity index (χ2v) is 6.32. The molecule has 0 aromatic heterocycles. The number of benzene rings is 2. The molecule has 0 saturated carbocycles. The number of nitro benzene ring substituents is 1. The number of amides is 3. The van der Waals surface area contributed by atoms with Crippen molar-refractivity contribution in [2.24, 2.45) is 0 Å². The van der Waals surface area contributed by atoms with E-state index >= 15 is 0 Å². The fourth-order valence-electron chi connectivity index (χ4n) is 2.77. The van der Waals surface area contributed by atoms with E-state index in [4.69, 9.17) is 11.6 Å². The van der Waals surface area contributed by atoms with Gasteiger partial charge in [0.2, 0.25) is 0 Å². The average molecular weight is 360 g/mol. The molecule has 7 nitrogen and oxygen atoms in total. The molecule has 2 aromatic carbocycles. The van der Waals surface area contributed by atoms with Crippen LogP contribution in [0.15, 0.2) is 48.5 Å². The monoisotopic (exact) mass is 359 g/mol. The maximum absolute atomic E-state index is 12.8. The number of urea groups is 1. The topological polar surface area (TPSA) is 92.6 Å². The van der Waals surface area contributed by atoms with Gasteiger partial charge in [-0.05, 0) is 42.3 Å². The van der Waals surface area contributed by atoms with Crippen molar-refractivity contribution in [3.8, 4) is 0 Å². The minimum Gasteiger partial charge on any atom is -0.319 e. The SMILES string of the molecule is CC1(c2ccc([N+](=O)[O-])cc2)NC(=O)N(Cc2cccc(Cl)c2)C1=O. The van der Waals surface area contributed by atoms with Crippen LogP contribution in [0.4, 0.5) is 10.5 Å². The van der Waals surface area contributed by atoms with Gasteiger partial charge in [0, 0.05) is 17.2 Å². The van der Waals surface area contributed by atoms with Crippen molar-refractivity contribution >= 4 is 29.2 Å². The highest BCUT2D eigenvalue weighted by molar-refractivity contribution is 6.30. The maximum Gasteiger partial charge on any atom is 0.325 e. The molecule has 0 spiro atoms. The molecule has 3 rings (SSSR count). The highest BCUT2D eigenvalue weighted by Gasteiger charge is 2.48. The van der Waals surface area contributed by atoms with Crippen molar-refractivity contribution < 1.29 is 14.5 Å². The summed E-state index contributed by atoms with van der Waals surface area (Å²) in [6.45, 7) is 1.67. The normalized spacial score (nSPS) is 19.8. The molecular formula is C17H14ClN3O4. The molecule has 0 bridgehead atoms. The number of carbonyl (C=O) groups excluding carboxylic acids is 2. The minimum absolute atomic E-state index is 0.0834. The van der Waals surface area contributed by atoms with E-state index in [2.05, 4.69) is 5.32 Å². The third-order valence-electron chi connectivity index (χ3n) is 4.16. The number of nitrogens with one attached hydrogen (secondary N) is 1. The summed E-state index contributed by atoms with van der Waals surface area (Å²) in [5, 5.41) is 13.9. The Morgan fingerprint density at radius 2 is 1.88 bits per heavy atom. The van der Waals surface area contributed by atoms with Crippen LogP contribution < -0.4 is 5.32 Å². The first-order valence-corrected chi connectivity index (χ1v) is 7.82. The summed E-state index contributed by atoms with van der Waals surface area (Å²) in [6, 6.07) is 11.9. The van der Waals surface area contributed by atoms with E-state index in [9.17, 15) is 19.7 Å². The summed E-state index contributed by atoms with van der Waals surface area (Å²) in [5.74, 6) is -0.425. The molecule has 1 atom stereocenters. The van der Waals surface area contributed by atoms with Crippen LogP contribution in [0.5, 0.6) is 0 Å². The van der Waals surface area contributed by atoms with Gasteiger partial charge in [-0.3, -0.25) is 19.8 Å². The standard InChI is InChI=1S/C17H14ClN3O4/c1-17(12-5-7-14(8-6-12)21(24)25)15(22)20(16(23)19-17)10-11-3-2-4-13(18)9-11/h2-9H,10H2,1H3,(H,19,23). The van der Waals surface area contributed by atoms with Crippen LogP contribution in [-0.2, 0) is 16.9 Å². The number of nitrogens with zero attached hydrogens (tertiary/aromatic N) is 2. The van der Waals surface area contributed by atoms with Crippen LogP contribution in [-0.4, -0.2) is 21.8 Å². The fourth-order valence-corrected chi connectivity index (χ4v) is 2.98. The lowest BCUT2D eigenvalue weighted by atomic mass is 9.92. The van der Waals surface area contributed by atoms with Crippen molar-refractivity contribution in [3.05, 3.63) is 74.8 Å². The molecule has 1 heterocycles. The molecule has 0 aliphatic carbocycles. The van der Waals surface area contributed by atoms with Crippen molar-refractivity contribution in [2.45, 2.75) is 19.0 Å². The van der Waals surface area contributed by atoms with E-state index in [1.165, 1.54) is 24.3 Å². The third-order valence-corrected chi connectivity index (χ3v) is 4.40. The zero-order valence-corrected chi connectivity index (χ0v) is 14.0. The second kappa shape index (κ2) is 6.18. The number of halogens is 1. The van der Waals surface area contributed by atoms with Crippen LogP contribution in [0.25, 0.3) is 0 Å². The number of imide groups is 1. The van der Waals surface area contributed by atoms with E-state index in [0.717, 1.165) is 10.5 Å². The second-order valence-electron chi connectivity index (χ2n) is 5.88. The van der Waals surface area contributed by atoms with E-state index in [0.29, 0.717) is 10.6 Å². The zero-order chi connectivity index (χ0) is 18.2. The molecule has 1 fully saturated rings. The molecule has 1 aliphatic rings. The molecule has 2 aromatic rings. The summed E-state index contributed by atoms with van der Waals surface area (Å²) in [7, 11) is 0. The van der Waals surface area contributed by atoms with Gasteiger partial charge in [0.05, 0.1) is 11.5 Å². The first-order chi connectivity index (χ1) is 11.8. The maximum atomic E-state index is 12.8. The highest BCUT2D eigenvalue weighted by Crippen LogP contribution is 2.31. The number of rotatable bonds is 4. The van der Waals surface area contributed by atoms with Gasteiger partial charge in [0.15, 0.2) is 0 Å². The Morgan fingerprint density at radius 3 is 2.48 bits per heavy atom. The van der Waals surface area contributed by atoms with Crippen LogP contribution >= 0.6 is 11.6 Å². The van der Waals surface area contributed by atoms with Gasteiger partial charge >= 0.3 is 6.03 Å². The molecule has 1 unspecified atom stereocenters. The smallest absolute Gasteiger partial charge is 0.319 e. The number of hydrogen-bond acceptors (Lipinski definition) is 4. The molecule has 1 N–H and O–H groups in total. The highest BCUT2D eigenvalue weighted by atomic mass is 35.5. The first kappa shape index (κ1) is 16.9. The molecule has 1 aliphatic heterocycles. The Hall–Kier alpha value is -2.93. The largest absolute Gasteiger partial charge is 0.325 e. The molecule has 8 heteroatoms. The van der Waals surface area contributed by atoms with Crippen molar-refractivity contribution in [2.75, 3.05) is 0 Å². The molecule has 128 valence electrons. The van der Waals surface area contributed by atoms with Gasteiger partial charge in [-0.15, -0.1) is 0 Å². The van der Waals surface area contributed by atoms with Crippen LogP contribution in [0.1, 0.15) is 18.1 Å². The van der Waals surface area contributed by atoms with Crippen LogP contribution in [0.2, 0.25) is 5.02 Å². The van der Waals surface area contributed by atoms with Crippen molar-refractivity contribution in [1.82, 2.24) is 10.2 Å². The Labute approximate surface area is 148 Å². The molecule has 3 amide bonds. The molecular weight excluding hydrogens is 346 g/mol. The van der Waals surface area contributed by atoms with Gasteiger partial charge in [0.1, 0.15) is 5.54 Å². The number of hydrogen-bond donors (Lipinski definition) is 1. The predicted molar refractivity (Wildman–Crippen MR) is 91.0 cm³/mol. The van der Waals surface area contributed by atoms with E-state index < -0.39 is 22.4 Å². The van der Waals surface area contributed by atoms with Crippen molar-refractivity contribution in [1.29, 1.82) is 0 Å². The third kappa shape index (κ3) is 3.06. The van der Waals surface area contributed by atoms with Gasteiger partial charge in [0.25, 0.3) is 11.6 Å². The number of nitro groups is 1. The Kier molecular flexibility index (Phi) is 4.18. The van der Waals surface area contributed by atoms with Gasteiger partial charge in [-0.1, -0.05) is 23.7 Å². The van der Waals surface area contributed by atoms with E-state index in [-0.39, 0.29) is 12.2 Å². The van der Waals surface area contributed by atoms with Crippen molar-refractivity contribution in [3.63, 3.8) is 0 Å². The Balaban J connectivity index is 1.87. The summed E-state index contributed by atoms with van der Waals surface area (Å²) in [5.41, 5.74) is -0.154. The lowest BCUT2D eigenvalue weighted by Gasteiger charge is -2.22. The summed E-state index contributed by atoms with van der Waals surface area (Å²) in [4.78, 5) is 36.5. The van der Waals surface area contributed by atoms with E-state index in [1.54, 1.807) is 31.2 Å².